The van der Waals surface area contributed by atoms with Crippen LogP contribution < -0.4 is 0 Å². The fraction of sp³-hybridized carbons (Fsp3) is 0.125. The van der Waals surface area contributed by atoms with Gasteiger partial charge in [-0.05, 0) is 12.1 Å². The lowest BCUT2D eigenvalue weighted by Gasteiger charge is -1.94. The molecule has 58 valence electrons. The number of aromatic nitrogens is 1. The average Bonchev–Trinajstić information content (AvgIpc) is 2.15. The predicted molar refractivity (Wildman–Crippen MR) is 45.3 cm³/mol. The van der Waals surface area contributed by atoms with Gasteiger partial charge in [0.1, 0.15) is 11.8 Å². The fourth-order valence-electron chi connectivity index (χ4n) is 0.678. The molecule has 0 unspecified atom stereocenters. The zero-order chi connectivity index (χ0) is 8.81. The SMILES string of the molecule is N#CCSc1ccnc(C#N)c1. The maximum atomic E-state index is 8.50. The van der Waals surface area contributed by atoms with Gasteiger partial charge in [0, 0.05) is 11.1 Å². The molecule has 0 radical (unpaired) electrons. The normalized spacial score (nSPS) is 8.50. The Kier molecular flexibility index (Phi) is 3.13. The van der Waals surface area contributed by atoms with Gasteiger partial charge in [-0.3, -0.25) is 0 Å². The van der Waals surface area contributed by atoms with Gasteiger partial charge >= 0.3 is 0 Å². The second-order valence-corrected chi connectivity index (χ2v) is 2.98. The van der Waals surface area contributed by atoms with Gasteiger partial charge in [-0.15, -0.1) is 11.8 Å². The van der Waals surface area contributed by atoms with Gasteiger partial charge in [-0.2, -0.15) is 10.5 Å². The lowest BCUT2D eigenvalue weighted by atomic mass is 10.4. The van der Waals surface area contributed by atoms with Gasteiger partial charge in [0.2, 0.25) is 0 Å². The van der Waals surface area contributed by atoms with Crippen LogP contribution in [0.3, 0.4) is 0 Å². The average molecular weight is 175 g/mol. The van der Waals surface area contributed by atoms with Gasteiger partial charge in [-0.1, -0.05) is 0 Å². The van der Waals surface area contributed by atoms with Gasteiger partial charge in [0.15, 0.2) is 0 Å². The number of pyridine rings is 1. The Morgan fingerprint density at radius 1 is 1.50 bits per heavy atom. The highest BCUT2D eigenvalue weighted by Gasteiger charge is 1.95. The van der Waals surface area contributed by atoms with Crippen molar-refractivity contribution in [3.05, 3.63) is 24.0 Å². The first kappa shape index (κ1) is 8.58. The first-order valence-electron chi connectivity index (χ1n) is 3.22. The molecule has 1 heterocycles. The predicted octanol–water partition coefficient (Wildman–Crippen LogP) is 1.57. The molecule has 0 N–H and O–H groups in total. The molecule has 0 spiro atoms. The van der Waals surface area contributed by atoms with Crippen LogP contribution in [0, 0.1) is 22.7 Å². The lowest BCUT2D eigenvalue weighted by Crippen LogP contribution is -1.82. The molecule has 0 aliphatic heterocycles. The topological polar surface area (TPSA) is 60.5 Å². The van der Waals surface area contributed by atoms with Crippen LogP contribution in [-0.4, -0.2) is 10.7 Å². The summed E-state index contributed by atoms with van der Waals surface area (Å²) in [5.74, 6) is 0.398. The van der Waals surface area contributed by atoms with Crippen LogP contribution in [0.1, 0.15) is 5.69 Å². The Balaban J connectivity index is 2.76. The molecular weight excluding hydrogens is 170 g/mol. The zero-order valence-electron chi connectivity index (χ0n) is 6.19. The van der Waals surface area contributed by atoms with E-state index in [0.717, 1.165) is 4.90 Å². The van der Waals surface area contributed by atoms with E-state index in [1.54, 1.807) is 18.3 Å². The molecule has 0 aliphatic rings. The summed E-state index contributed by atoms with van der Waals surface area (Å²) in [6.45, 7) is 0. The molecule has 0 saturated carbocycles. The Morgan fingerprint density at radius 2 is 2.33 bits per heavy atom. The van der Waals surface area contributed by atoms with E-state index in [1.807, 2.05) is 12.1 Å². The third-order valence-corrected chi connectivity index (χ3v) is 2.01. The Bertz CT molecular complexity index is 348. The zero-order valence-corrected chi connectivity index (χ0v) is 7.01. The van der Waals surface area contributed by atoms with Crippen molar-refractivity contribution < 1.29 is 0 Å². The molecule has 0 amide bonds. The largest absolute Gasteiger partial charge is 0.245 e. The highest BCUT2D eigenvalue weighted by Crippen LogP contribution is 2.16. The molecule has 1 rings (SSSR count). The highest BCUT2D eigenvalue weighted by atomic mass is 32.2. The summed E-state index contributed by atoms with van der Waals surface area (Å²) < 4.78 is 0. The van der Waals surface area contributed by atoms with Gasteiger partial charge in [-0.25, -0.2) is 4.98 Å². The fourth-order valence-corrected chi connectivity index (χ4v) is 1.26. The number of hydrogen-bond donors (Lipinski definition) is 0. The van der Waals surface area contributed by atoms with Crippen molar-refractivity contribution >= 4 is 11.8 Å². The summed E-state index contributed by atoms with van der Waals surface area (Å²) in [6.07, 6.45) is 1.57. The third-order valence-electron chi connectivity index (χ3n) is 1.15. The Hall–Kier alpha value is -1.52. The van der Waals surface area contributed by atoms with Crippen molar-refractivity contribution in [1.82, 2.24) is 4.98 Å². The number of nitriles is 2. The Morgan fingerprint density at radius 3 is 3.00 bits per heavy atom. The van der Waals surface area contributed by atoms with Crippen LogP contribution in [0.15, 0.2) is 23.2 Å². The molecule has 0 fully saturated rings. The van der Waals surface area contributed by atoms with E-state index in [2.05, 4.69) is 4.98 Å². The van der Waals surface area contributed by atoms with Crippen molar-refractivity contribution in [1.29, 1.82) is 10.5 Å². The smallest absolute Gasteiger partial charge is 0.141 e. The van der Waals surface area contributed by atoms with Gasteiger partial charge < -0.3 is 0 Å². The highest BCUT2D eigenvalue weighted by molar-refractivity contribution is 7.99. The molecule has 1 aromatic heterocycles. The molecule has 4 heteroatoms. The van der Waals surface area contributed by atoms with E-state index in [-0.39, 0.29) is 0 Å². The van der Waals surface area contributed by atoms with Gasteiger partial charge in [0.25, 0.3) is 0 Å². The molecule has 1 aromatic rings. The number of nitrogens with zero attached hydrogens (tertiary/aromatic N) is 3. The summed E-state index contributed by atoms with van der Waals surface area (Å²) in [6, 6.07) is 7.40. The van der Waals surface area contributed by atoms with Crippen LogP contribution in [0.4, 0.5) is 0 Å². The summed E-state index contributed by atoms with van der Waals surface area (Å²) >= 11 is 1.40. The standard InChI is InChI=1S/C8H5N3S/c9-2-4-12-8-1-3-11-7(5-8)6-10/h1,3,5H,4H2. The first-order chi connectivity index (χ1) is 5.86. The quantitative estimate of drug-likeness (QED) is 0.640. The number of rotatable bonds is 2. The van der Waals surface area contributed by atoms with Crippen LogP contribution in [0.2, 0.25) is 0 Å². The molecule has 0 atom stereocenters. The molecule has 0 aliphatic carbocycles. The minimum atomic E-state index is 0.387. The van der Waals surface area contributed by atoms with Crippen molar-refractivity contribution in [2.75, 3.05) is 5.75 Å². The summed E-state index contributed by atoms with van der Waals surface area (Å²) in [4.78, 5) is 4.71. The maximum Gasteiger partial charge on any atom is 0.141 e. The minimum Gasteiger partial charge on any atom is -0.245 e. The van der Waals surface area contributed by atoms with Crippen LogP contribution >= 0.6 is 11.8 Å². The minimum absolute atomic E-state index is 0.387. The third kappa shape index (κ3) is 2.26. The van der Waals surface area contributed by atoms with E-state index in [0.29, 0.717) is 11.4 Å². The van der Waals surface area contributed by atoms with Crippen molar-refractivity contribution in [3.8, 4) is 12.1 Å². The maximum absolute atomic E-state index is 8.50. The molecule has 0 saturated heterocycles. The molecule has 12 heavy (non-hydrogen) atoms. The van der Waals surface area contributed by atoms with Crippen molar-refractivity contribution in [3.63, 3.8) is 0 Å². The first-order valence-corrected chi connectivity index (χ1v) is 4.21. The van der Waals surface area contributed by atoms with E-state index in [1.165, 1.54) is 11.8 Å². The summed E-state index contributed by atoms with van der Waals surface area (Å²) in [5, 5.41) is 16.8. The second-order valence-electron chi connectivity index (χ2n) is 1.94. The summed E-state index contributed by atoms with van der Waals surface area (Å²) in [5.41, 5.74) is 0.387. The van der Waals surface area contributed by atoms with Crippen LogP contribution in [0.5, 0.6) is 0 Å². The van der Waals surface area contributed by atoms with Crippen molar-refractivity contribution in [2.24, 2.45) is 0 Å². The molecule has 0 bridgehead atoms. The number of thioether (sulfide) groups is 1. The lowest BCUT2D eigenvalue weighted by molar-refractivity contribution is 1.21. The summed E-state index contributed by atoms with van der Waals surface area (Å²) in [7, 11) is 0. The van der Waals surface area contributed by atoms with E-state index < -0.39 is 0 Å². The number of hydrogen-bond acceptors (Lipinski definition) is 4. The molecule has 0 aromatic carbocycles. The van der Waals surface area contributed by atoms with Gasteiger partial charge in [0.05, 0.1) is 11.8 Å². The monoisotopic (exact) mass is 175 g/mol. The van der Waals surface area contributed by atoms with E-state index in [9.17, 15) is 0 Å². The van der Waals surface area contributed by atoms with E-state index >= 15 is 0 Å². The van der Waals surface area contributed by atoms with Crippen LogP contribution in [-0.2, 0) is 0 Å². The molecule has 3 nitrogen and oxygen atoms in total. The van der Waals surface area contributed by atoms with Crippen LogP contribution in [0.25, 0.3) is 0 Å². The van der Waals surface area contributed by atoms with Crippen molar-refractivity contribution in [2.45, 2.75) is 4.90 Å². The van der Waals surface area contributed by atoms with E-state index in [4.69, 9.17) is 10.5 Å². The second kappa shape index (κ2) is 4.38. The Labute approximate surface area is 74.7 Å². The molecular formula is C8H5N3S.